The van der Waals surface area contributed by atoms with Crippen molar-refractivity contribution < 1.29 is 34.4 Å². The highest BCUT2D eigenvalue weighted by molar-refractivity contribution is 5.88. The summed E-state index contributed by atoms with van der Waals surface area (Å²) < 4.78 is 5.74. The van der Waals surface area contributed by atoms with Gasteiger partial charge < -0.3 is 20.1 Å². The molecule has 2 bridgehead atoms. The number of aliphatic hydroxyl groups is 1. The van der Waals surface area contributed by atoms with E-state index in [0.29, 0.717) is 12.8 Å². The van der Waals surface area contributed by atoms with Crippen molar-refractivity contribution in [3.05, 3.63) is 35.5 Å². The number of rotatable bonds is 4. The van der Waals surface area contributed by atoms with Crippen LogP contribution in [0.15, 0.2) is 35.5 Å². The SMILES string of the molecule is C/C(=C\C=C\[C@]1(C)OC(=O)[C@]23CC=C(C(=O)O)CC[C@]2(O)[C@H]1CC3)C(=O)O. The van der Waals surface area contributed by atoms with Crippen LogP contribution in [0.1, 0.15) is 46.0 Å². The van der Waals surface area contributed by atoms with Crippen LogP contribution < -0.4 is 0 Å². The summed E-state index contributed by atoms with van der Waals surface area (Å²) in [5.74, 6) is -2.98. The van der Waals surface area contributed by atoms with Gasteiger partial charge in [-0.1, -0.05) is 18.2 Å². The molecule has 0 aromatic carbocycles. The number of carbonyl (C=O) groups is 3. The molecule has 1 saturated carbocycles. The zero-order valence-corrected chi connectivity index (χ0v) is 15.4. The lowest BCUT2D eigenvalue weighted by Gasteiger charge is -2.52. The summed E-state index contributed by atoms with van der Waals surface area (Å²) >= 11 is 0. The zero-order valence-electron chi connectivity index (χ0n) is 15.4. The Morgan fingerprint density at radius 2 is 2.00 bits per heavy atom. The predicted octanol–water partition coefficient (Wildman–Crippen LogP) is 2.21. The third-order valence-corrected chi connectivity index (χ3v) is 6.52. The van der Waals surface area contributed by atoms with Gasteiger partial charge in [-0.05, 0) is 52.0 Å². The standard InChI is InChI=1S/C20H24O7/c1-12(15(21)22)4-3-8-18(2)14-7-10-19(17(25)27-18)9-5-13(16(23)24)6-11-20(14,19)26/h3-5,8,14,26H,6-7,9-11H2,1-2H3,(H,21,22)(H,23,24)/b8-3+,12-4+/t14-,18-,19+,20-/m0/s1. The Balaban J connectivity index is 1.97. The number of esters is 1. The minimum atomic E-state index is -1.36. The van der Waals surface area contributed by atoms with Crippen LogP contribution >= 0.6 is 0 Å². The first kappa shape index (κ1) is 19.4. The number of hydrogen-bond donors (Lipinski definition) is 3. The van der Waals surface area contributed by atoms with Gasteiger partial charge >= 0.3 is 17.9 Å². The van der Waals surface area contributed by atoms with E-state index in [4.69, 9.17) is 9.84 Å². The minimum absolute atomic E-state index is 0.140. The van der Waals surface area contributed by atoms with Crippen molar-refractivity contribution in [2.75, 3.05) is 0 Å². The first-order valence-electron chi connectivity index (χ1n) is 9.03. The maximum atomic E-state index is 13.0. The third kappa shape index (κ3) is 2.81. The summed E-state index contributed by atoms with van der Waals surface area (Å²) in [7, 11) is 0. The van der Waals surface area contributed by atoms with Gasteiger partial charge in [0.25, 0.3) is 0 Å². The Labute approximate surface area is 157 Å². The summed E-state index contributed by atoms with van der Waals surface area (Å²) in [5.41, 5.74) is -3.21. The second kappa shape index (κ2) is 6.34. The van der Waals surface area contributed by atoms with Crippen LogP contribution in [0.5, 0.6) is 0 Å². The number of hydrogen-bond acceptors (Lipinski definition) is 5. The molecule has 7 nitrogen and oxygen atoms in total. The topological polar surface area (TPSA) is 121 Å². The Kier molecular flexibility index (Phi) is 4.54. The number of carboxylic acids is 2. The second-order valence-electron chi connectivity index (χ2n) is 7.92. The van der Waals surface area contributed by atoms with E-state index < -0.39 is 34.5 Å². The number of cyclic esters (lactones) is 1. The Bertz CT molecular complexity index is 792. The molecule has 0 radical (unpaired) electrons. The third-order valence-electron chi connectivity index (χ3n) is 6.52. The highest BCUT2D eigenvalue weighted by Crippen LogP contribution is 2.63. The minimum Gasteiger partial charge on any atom is -0.478 e. The van der Waals surface area contributed by atoms with Gasteiger partial charge in [-0.15, -0.1) is 0 Å². The van der Waals surface area contributed by atoms with E-state index in [1.54, 1.807) is 19.1 Å². The molecule has 3 N–H and O–H groups in total. The monoisotopic (exact) mass is 376 g/mol. The van der Waals surface area contributed by atoms with Crippen molar-refractivity contribution in [3.63, 3.8) is 0 Å². The largest absolute Gasteiger partial charge is 0.478 e. The number of carbonyl (C=O) groups excluding carboxylic acids is 1. The summed E-state index contributed by atoms with van der Waals surface area (Å²) in [6.45, 7) is 3.17. The smallest absolute Gasteiger partial charge is 0.331 e. The molecule has 4 atom stereocenters. The maximum Gasteiger partial charge on any atom is 0.331 e. The molecule has 1 aliphatic heterocycles. The van der Waals surface area contributed by atoms with E-state index in [1.165, 1.54) is 19.1 Å². The molecule has 0 aromatic heterocycles. The number of ether oxygens (including phenoxy) is 1. The first-order valence-corrected chi connectivity index (χ1v) is 9.03. The highest BCUT2D eigenvalue weighted by atomic mass is 16.6. The summed E-state index contributed by atoms with van der Waals surface area (Å²) in [6.07, 6.45) is 7.63. The number of aliphatic carboxylic acids is 2. The Hall–Kier alpha value is -2.41. The van der Waals surface area contributed by atoms with E-state index >= 15 is 0 Å². The summed E-state index contributed by atoms with van der Waals surface area (Å²) in [4.78, 5) is 35.2. The van der Waals surface area contributed by atoms with Crippen molar-refractivity contribution >= 4 is 17.9 Å². The lowest BCUT2D eigenvalue weighted by Crippen LogP contribution is -2.63. The van der Waals surface area contributed by atoms with Crippen LogP contribution in [0, 0.1) is 11.3 Å². The molecule has 2 aliphatic carbocycles. The summed E-state index contributed by atoms with van der Waals surface area (Å²) in [5, 5.41) is 29.8. The van der Waals surface area contributed by atoms with Crippen LogP contribution in [0.3, 0.4) is 0 Å². The molecule has 3 rings (SSSR count). The second-order valence-corrected chi connectivity index (χ2v) is 7.92. The average molecular weight is 376 g/mol. The Morgan fingerprint density at radius 1 is 1.30 bits per heavy atom. The molecule has 0 spiro atoms. The van der Waals surface area contributed by atoms with Gasteiger partial charge in [0.1, 0.15) is 11.0 Å². The highest BCUT2D eigenvalue weighted by Gasteiger charge is 2.71. The normalized spacial score (nSPS) is 38.8. The maximum absolute atomic E-state index is 13.0. The van der Waals surface area contributed by atoms with Gasteiger partial charge in [0.2, 0.25) is 0 Å². The van der Waals surface area contributed by atoms with Gasteiger partial charge in [-0.2, -0.15) is 0 Å². The molecule has 1 saturated heterocycles. The quantitative estimate of drug-likeness (QED) is 0.391. The van der Waals surface area contributed by atoms with Crippen molar-refractivity contribution in [3.8, 4) is 0 Å². The van der Waals surface area contributed by atoms with Crippen LogP contribution in [0.4, 0.5) is 0 Å². The molecule has 27 heavy (non-hydrogen) atoms. The van der Waals surface area contributed by atoms with Crippen molar-refractivity contribution in [1.82, 2.24) is 0 Å². The first-order chi connectivity index (χ1) is 12.6. The number of allylic oxidation sites excluding steroid dienone is 3. The fourth-order valence-electron chi connectivity index (χ4n) is 4.89. The van der Waals surface area contributed by atoms with Crippen LogP contribution in [-0.2, 0) is 19.1 Å². The van der Waals surface area contributed by atoms with Crippen LogP contribution in [0.25, 0.3) is 0 Å². The molecular weight excluding hydrogens is 352 g/mol. The van der Waals surface area contributed by atoms with Crippen molar-refractivity contribution in [2.45, 2.75) is 57.2 Å². The van der Waals surface area contributed by atoms with Crippen LogP contribution in [0.2, 0.25) is 0 Å². The lowest BCUT2D eigenvalue weighted by atomic mass is 9.62. The van der Waals surface area contributed by atoms with E-state index in [9.17, 15) is 24.6 Å². The lowest BCUT2D eigenvalue weighted by molar-refractivity contribution is -0.224. The van der Waals surface area contributed by atoms with E-state index in [0.717, 1.165) is 0 Å². The molecule has 1 heterocycles. The molecule has 0 amide bonds. The molecule has 146 valence electrons. The zero-order chi connectivity index (χ0) is 20.0. The fraction of sp³-hybridized carbons (Fsp3) is 0.550. The van der Waals surface area contributed by atoms with Crippen molar-refractivity contribution in [1.29, 1.82) is 0 Å². The van der Waals surface area contributed by atoms with Gasteiger partial charge in [0.15, 0.2) is 0 Å². The molecule has 3 aliphatic rings. The van der Waals surface area contributed by atoms with E-state index in [1.807, 2.05) is 0 Å². The van der Waals surface area contributed by atoms with Crippen LogP contribution in [-0.4, -0.2) is 44.4 Å². The molecule has 7 heteroatoms. The van der Waals surface area contributed by atoms with Gasteiger partial charge in [-0.3, -0.25) is 4.79 Å². The summed E-state index contributed by atoms with van der Waals surface area (Å²) in [6, 6.07) is 0. The average Bonchev–Trinajstić information content (AvgIpc) is 2.70. The van der Waals surface area contributed by atoms with Gasteiger partial charge in [0.05, 0.1) is 5.60 Å². The van der Waals surface area contributed by atoms with E-state index in [-0.39, 0.29) is 36.3 Å². The van der Waals surface area contributed by atoms with Gasteiger partial charge in [0, 0.05) is 17.1 Å². The molecule has 0 aromatic rings. The number of carboxylic acid groups (broad SMARTS) is 2. The van der Waals surface area contributed by atoms with Gasteiger partial charge in [-0.25, -0.2) is 9.59 Å². The van der Waals surface area contributed by atoms with Crippen molar-refractivity contribution in [2.24, 2.45) is 11.3 Å². The Morgan fingerprint density at radius 3 is 2.63 bits per heavy atom. The fourth-order valence-corrected chi connectivity index (χ4v) is 4.89. The van der Waals surface area contributed by atoms with E-state index in [2.05, 4.69) is 0 Å². The predicted molar refractivity (Wildman–Crippen MR) is 94.7 cm³/mol. The molecule has 2 fully saturated rings. The molecular formula is C20H24O7. The molecule has 0 unspecified atom stereocenters.